The Morgan fingerprint density at radius 2 is 1.89 bits per heavy atom. The highest BCUT2D eigenvalue weighted by Crippen LogP contribution is 2.51. The summed E-state index contributed by atoms with van der Waals surface area (Å²) in [4.78, 5) is 35.2. The third-order valence-electron chi connectivity index (χ3n) is 7.14. The lowest BCUT2D eigenvalue weighted by atomic mass is 9.98. The summed E-state index contributed by atoms with van der Waals surface area (Å²) in [6, 6.07) is 17.0. The summed E-state index contributed by atoms with van der Waals surface area (Å²) in [6.07, 6.45) is 1.71. The lowest BCUT2D eigenvalue weighted by Gasteiger charge is -2.42. The van der Waals surface area contributed by atoms with Crippen molar-refractivity contribution in [3.05, 3.63) is 71.9 Å². The number of para-hydroxylation sites is 1. The lowest BCUT2D eigenvalue weighted by Crippen LogP contribution is -2.62. The Kier molecular flexibility index (Phi) is 6.04. The van der Waals surface area contributed by atoms with Crippen LogP contribution in [0.5, 0.6) is 11.5 Å². The number of aryl methyl sites for hydroxylation is 1. The van der Waals surface area contributed by atoms with Gasteiger partial charge in [-0.2, -0.15) is 0 Å². The second-order valence-corrected chi connectivity index (χ2v) is 11.1. The van der Waals surface area contributed by atoms with E-state index < -0.39 is 11.3 Å². The zero-order valence-corrected chi connectivity index (χ0v) is 21.8. The molecular formula is C28H29N5O3S. The average molecular weight is 516 g/mol. The molecule has 4 heterocycles. The van der Waals surface area contributed by atoms with E-state index in [1.807, 2.05) is 61.5 Å². The van der Waals surface area contributed by atoms with Crippen molar-refractivity contribution in [1.29, 1.82) is 0 Å². The number of urea groups is 1. The van der Waals surface area contributed by atoms with Crippen LogP contribution in [0.2, 0.25) is 0 Å². The summed E-state index contributed by atoms with van der Waals surface area (Å²) < 4.78 is 5.97. The lowest BCUT2D eigenvalue weighted by molar-refractivity contribution is -0.123. The molecule has 3 amide bonds. The van der Waals surface area contributed by atoms with Crippen molar-refractivity contribution in [3.63, 3.8) is 0 Å². The molecule has 3 aromatic rings. The van der Waals surface area contributed by atoms with Crippen molar-refractivity contribution in [3.8, 4) is 11.5 Å². The molecule has 9 heteroatoms. The second-order valence-electron chi connectivity index (χ2n) is 9.97. The molecule has 1 saturated heterocycles. The minimum Gasteiger partial charge on any atom is -0.457 e. The van der Waals surface area contributed by atoms with E-state index >= 15 is 0 Å². The van der Waals surface area contributed by atoms with Crippen LogP contribution in [0.15, 0.2) is 65.8 Å². The second kappa shape index (κ2) is 9.39. The van der Waals surface area contributed by atoms with Gasteiger partial charge >= 0.3 is 6.03 Å². The van der Waals surface area contributed by atoms with Gasteiger partial charge in [-0.3, -0.25) is 14.6 Å². The molecular weight excluding hydrogens is 486 g/mol. The van der Waals surface area contributed by atoms with Crippen molar-refractivity contribution in [1.82, 2.24) is 20.5 Å². The molecule has 190 valence electrons. The highest BCUT2D eigenvalue weighted by Gasteiger charge is 2.47. The Bertz CT molecular complexity index is 1360. The number of nitrogens with zero attached hydrogens (tertiary/aromatic N) is 3. The van der Waals surface area contributed by atoms with Crippen LogP contribution in [0.4, 0.5) is 16.2 Å². The molecule has 8 nitrogen and oxygen atoms in total. The Balaban J connectivity index is 1.24. The Morgan fingerprint density at radius 1 is 1.11 bits per heavy atom. The summed E-state index contributed by atoms with van der Waals surface area (Å²) in [7, 11) is 0. The standard InChI is InChI=1S/C28H29N5O3S/c1-16(2)32-14-18(15-32)30-26(34)25-24-23-22(11-12-29-27(23)37-25)33(28(35)31-24)21-10-9-20(13-17(21)3)36-19-7-5-4-6-8-19/h4-13,16,18,24-25H,14-15H2,1-3H3,(H,30,34)(H,31,35). The molecule has 2 unspecified atom stereocenters. The van der Waals surface area contributed by atoms with Gasteiger partial charge in [0.05, 0.1) is 23.5 Å². The van der Waals surface area contributed by atoms with Gasteiger partial charge in [0.2, 0.25) is 5.91 Å². The Morgan fingerprint density at radius 3 is 2.62 bits per heavy atom. The molecule has 3 aliphatic rings. The predicted molar refractivity (Wildman–Crippen MR) is 144 cm³/mol. The normalized spacial score (nSPS) is 20.9. The topological polar surface area (TPSA) is 86.8 Å². The van der Waals surface area contributed by atoms with Gasteiger partial charge in [-0.15, -0.1) is 0 Å². The molecule has 2 atom stereocenters. The largest absolute Gasteiger partial charge is 0.457 e. The minimum absolute atomic E-state index is 0.0558. The molecule has 6 rings (SSSR count). The van der Waals surface area contributed by atoms with Crippen molar-refractivity contribution in [2.24, 2.45) is 0 Å². The van der Waals surface area contributed by atoms with Crippen molar-refractivity contribution in [2.45, 2.75) is 49.2 Å². The highest BCUT2D eigenvalue weighted by molar-refractivity contribution is 8.01. The van der Waals surface area contributed by atoms with Crippen LogP contribution in [0, 0.1) is 6.92 Å². The Labute approximate surface area is 220 Å². The van der Waals surface area contributed by atoms with Crippen LogP contribution in [0.1, 0.15) is 31.0 Å². The van der Waals surface area contributed by atoms with E-state index in [0.29, 0.717) is 11.8 Å². The number of hydrogen-bond acceptors (Lipinski definition) is 6. The first-order valence-electron chi connectivity index (χ1n) is 12.5. The summed E-state index contributed by atoms with van der Waals surface area (Å²) in [6.45, 7) is 7.97. The molecule has 0 radical (unpaired) electrons. The first-order valence-corrected chi connectivity index (χ1v) is 13.4. The zero-order chi connectivity index (χ0) is 25.7. The van der Waals surface area contributed by atoms with Gasteiger partial charge < -0.3 is 15.4 Å². The highest BCUT2D eigenvalue weighted by atomic mass is 32.2. The van der Waals surface area contributed by atoms with Gasteiger partial charge in [-0.05, 0) is 62.7 Å². The van der Waals surface area contributed by atoms with Crippen LogP contribution in [-0.4, -0.2) is 52.2 Å². The van der Waals surface area contributed by atoms with Crippen molar-refractivity contribution in [2.75, 3.05) is 18.0 Å². The number of likely N-dealkylation sites (tertiary alicyclic amines) is 1. The molecule has 1 fully saturated rings. The molecule has 3 aliphatic heterocycles. The molecule has 0 aliphatic carbocycles. The predicted octanol–water partition coefficient (Wildman–Crippen LogP) is 4.77. The molecule has 1 aromatic heterocycles. The maximum absolute atomic E-state index is 13.5. The number of aromatic nitrogens is 1. The molecule has 0 saturated carbocycles. The van der Waals surface area contributed by atoms with E-state index in [1.54, 1.807) is 11.1 Å². The first kappa shape index (κ1) is 23.8. The molecule has 37 heavy (non-hydrogen) atoms. The van der Waals surface area contributed by atoms with E-state index in [2.05, 4.69) is 34.4 Å². The Hall–Kier alpha value is -3.56. The SMILES string of the molecule is Cc1cc(Oc2ccccc2)ccc1N1C(=O)NC2c3c1ccnc3SC2C(=O)NC1CN(C(C)C)C1. The quantitative estimate of drug-likeness (QED) is 0.492. The number of hydrogen-bond donors (Lipinski definition) is 2. The number of pyridine rings is 1. The monoisotopic (exact) mass is 515 g/mol. The van der Waals surface area contributed by atoms with E-state index in [4.69, 9.17) is 4.74 Å². The fourth-order valence-corrected chi connectivity index (χ4v) is 6.38. The number of anilines is 2. The van der Waals surface area contributed by atoms with Crippen LogP contribution < -0.4 is 20.3 Å². The number of thioether (sulfide) groups is 1. The minimum atomic E-state index is -0.453. The van der Waals surface area contributed by atoms with E-state index in [1.165, 1.54) is 11.8 Å². The average Bonchev–Trinajstić information content (AvgIpc) is 3.22. The number of rotatable bonds is 6. The van der Waals surface area contributed by atoms with Crippen molar-refractivity contribution < 1.29 is 14.3 Å². The van der Waals surface area contributed by atoms with Gasteiger partial charge in [0.15, 0.2) is 0 Å². The number of amides is 3. The van der Waals surface area contributed by atoms with Crippen LogP contribution in [-0.2, 0) is 4.79 Å². The first-order chi connectivity index (χ1) is 17.9. The maximum atomic E-state index is 13.5. The number of carbonyl (C=O) groups is 2. The van der Waals surface area contributed by atoms with Crippen molar-refractivity contribution >= 4 is 35.1 Å². The van der Waals surface area contributed by atoms with Gasteiger partial charge in [0.1, 0.15) is 21.8 Å². The third kappa shape index (κ3) is 4.32. The summed E-state index contributed by atoms with van der Waals surface area (Å²) >= 11 is 1.42. The third-order valence-corrected chi connectivity index (χ3v) is 8.43. The summed E-state index contributed by atoms with van der Waals surface area (Å²) in [5.41, 5.74) is 3.31. The van der Waals surface area contributed by atoms with Gasteiger partial charge in [-0.25, -0.2) is 9.78 Å². The van der Waals surface area contributed by atoms with E-state index in [0.717, 1.165) is 46.4 Å². The van der Waals surface area contributed by atoms with Crippen LogP contribution in [0.3, 0.4) is 0 Å². The smallest absolute Gasteiger partial charge is 0.327 e. The number of nitrogens with one attached hydrogen (secondary N) is 2. The number of benzene rings is 2. The van der Waals surface area contributed by atoms with E-state index in [9.17, 15) is 9.59 Å². The molecule has 0 bridgehead atoms. The number of ether oxygens (including phenoxy) is 1. The van der Waals surface area contributed by atoms with Gasteiger partial charge in [0, 0.05) is 30.9 Å². The zero-order valence-electron chi connectivity index (χ0n) is 21.0. The summed E-state index contributed by atoms with van der Waals surface area (Å²) in [5, 5.41) is 6.60. The fraction of sp³-hybridized carbons (Fsp3) is 0.321. The molecule has 2 N–H and O–H groups in total. The van der Waals surface area contributed by atoms with Crippen LogP contribution in [0.25, 0.3) is 0 Å². The maximum Gasteiger partial charge on any atom is 0.327 e. The number of carbonyl (C=O) groups excluding carboxylic acids is 2. The molecule has 0 spiro atoms. The van der Waals surface area contributed by atoms with E-state index in [-0.39, 0.29) is 18.0 Å². The fourth-order valence-electron chi connectivity index (χ4n) is 5.14. The van der Waals surface area contributed by atoms with Gasteiger partial charge in [-0.1, -0.05) is 30.0 Å². The molecule has 2 aromatic carbocycles. The summed E-state index contributed by atoms with van der Waals surface area (Å²) in [5.74, 6) is 1.39. The van der Waals surface area contributed by atoms with Crippen LogP contribution >= 0.6 is 11.8 Å². The van der Waals surface area contributed by atoms with Gasteiger partial charge in [0.25, 0.3) is 0 Å².